The van der Waals surface area contributed by atoms with E-state index in [0.29, 0.717) is 18.6 Å². The van der Waals surface area contributed by atoms with Gasteiger partial charge in [0.25, 0.3) is 0 Å². The first-order valence-electron chi connectivity index (χ1n) is 8.08. The summed E-state index contributed by atoms with van der Waals surface area (Å²) in [6.45, 7) is 6.27. The Morgan fingerprint density at radius 3 is 3.00 bits per heavy atom. The summed E-state index contributed by atoms with van der Waals surface area (Å²) in [5, 5.41) is 9.25. The maximum Gasteiger partial charge on any atom is 0.308 e. The van der Waals surface area contributed by atoms with Gasteiger partial charge >= 0.3 is 5.97 Å². The van der Waals surface area contributed by atoms with Crippen molar-refractivity contribution < 1.29 is 9.90 Å². The molecule has 0 saturated carbocycles. The van der Waals surface area contributed by atoms with E-state index in [4.69, 9.17) is 0 Å². The molecule has 0 aromatic carbocycles. The van der Waals surface area contributed by atoms with E-state index in [1.807, 2.05) is 6.20 Å². The molecular weight excluding hydrogens is 266 g/mol. The van der Waals surface area contributed by atoms with Gasteiger partial charge in [-0.3, -0.25) is 9.69 Å². The summed E-state index contributed by atoms with van der Waals surface area (Å²) in [7, 11) is 0. The molecule has 0 spiro atoms. The first-order chi connectivity index (χ1) is 10.1. The van der Waals surface area contributed by atoms with Crippen LogP contribution in [0.2, 0.25) is 0 Å². The molecule has 1 N–H and O–H groups in total. The van der Waals surface area contributed by atoms with Crippen molar-refractivity contribution in [3.05, 3.63) is 17.7 Å². The van der Waals surface area contributed by atoms with Gasteiger partial charge in [-0.2, -0.15) is 0 Å². The third kappa shape index (κ3) is 2.84. The molecular formula is C16H25N3O2. The van der Waals surface area contributed by atoms with Crippen LogP contribution in [0.15, 0.2) is 6.20 Å². The number of aryl methyl sites for hydroxylation is 1. The van der Waals surface area contributed by atoms with Crippen molar-refractivity contribution in [2.45, 2.75) is 64.6 Å². The molecule has 21 heavy (non-hydrogen) atoms. The number of aliphatic carboxylic acids is 1. The van der Waals surface area contributed by atoms with Crippen molar-refractivity contribution in [3.8, 4) is 0 Å². The second kappa shape index (κ2) is 5.79. The van der Waals surface area contributed by atoms with Crippen LogP contribution in [0.5, 0.6) is 0 Å². The fourth-order valence-electron chi connectivity index (χ4n) is 3.84. The highest BCUT2D eigenvalue weighted by Gasteiger charge is 2.30. The minimum atomic E-state index is -0.676. The molecule has 116 valence electrons. The standard InChI is InChI=1S/C16H25N3O2/c1-11(2)18-7-3-4-13(18)8-15-17-9-14-6-5-12(16(20)21)10-19(14)15/h9,11-13H,3-8,10H2,1-2H3,(H,20,21). The van der Waals surface area contributed by atoms with E-state index >= 15 is 0 Å². The summed E-state index contributed by atoms with van der Waals surface area (Å²) in [6, 6.07) is 1.13. The Bertz CT molecular complexity index is 524. The van der Waals surface area contributed by atoms with Gasteiger partial charge in [0.05, 0.1) is 5.92 Å². The van der Waals surface area contributed by atoms with E-state index in [2.05, 4.69) is 28.3 Å². The van der Waals surface area contributed by atoms with Crippen LogP contribution >= 0.6 is 0 Å². The van der Waals surface area contributed by atoms with Crippen molar-refractivity contribution in [3.63, 3.8) is 0 Å². The highest BCUT2D eigenvalue weighted by atomic mass is 16.4. The number of fused-ring (bicyclic) bond motifs is 1. The summed E-state index contributed by atoms with van der Waals surface area (Å²) < 4.78 is 2.17. The van der Waals surface area contributed by atoms with Crippen molar-refractivity contribution in [1.29, 1.82) is 0 Å². The molecule has 5 heteroatoms. The zero-order valence-corrected chi connectivity index (χ0v) is 13.0. The van der Waals surface area contributed by atoms with Gasteiger partial charge in [-0.25, -0.2) is 4.98 Å². The van der Waals surface area contributed by atoms with Crippen LogP contribution in [0.4, 0.5) is 0 Å². The number of hydrogen-bond acceptors (Lipinski definition) is 3. The molecule has 1 fully saturated rings. The van der Waals surface area contributed by atoms with Crippen molar-refractivity contribution in [1.82, 2.24) is 14.5 Å². The van der Waals surface area contributed by atoms with Crippen molar-refractivity contribution in [2.75, 3.05) is 6.54 Å². The molecule has 2 unspecified atom stereocenters. The highest BCUT2D eigenvalue weighted by molar-refractivity contribution is 5.70. The fraction of sp³-hybridized carbons (Fsp3) is 0.750. The van der Waals surface area contributed by atoms with Crippen LogP contribution in [0.3, 0.4) is 0 Å². The van der Waals surface area contributed by atoms with Gasteiger partial charge in [-0.1, -0.05) is 0 Å². The van der Waals surface area contributed by atoms with E-state index < -0.39 is 5.97 Å². The lowest BCUT2D eigenvalue weighted by molar-refractivity contribution is -0.142. The number of aromatic nitrogens is 2. The lowest BCUT2D eigenvalue weighted by Crippen LogP contribution is -2.37. The molecule has 1 aromatic rings. The molecule has 0 bridgehead atoms. The first kappa shape index (κ1) is 14.6. The summed E-state index contributed by atoms with van der Waals surface area (Å²) in [5.74, 6) is 0.147. The van der Waals surface area contributed by atoms with Gasteiger partial charge in [-0.05, 0) is 46.1 Å². The Hall–Kier alpha value is -1.36. The molecule has 1 aromatic heterocycles. The topological polar surface area (TPSA) is 58.4 Å². The van der Waals surface area contributed by atoms with Gasteiger partial charge in [-0.15, -0.1) is 0 Å². The van der Waals surface area contributed by atoms with Crippen LogP contribution in [0.25, 0.3) is 0 Å². The summed E-state index contributed by atoms with van der Waals surface area (Å²) in [6.07, 6.45) is 6.95. The number of nitrogens with zero attached hydrogens (tertiary/aromatic N) is 3. The summed E-state index contributed by atoms with van der Waals surface area (Å²) in [5.41, 5.74) is 1.21. The number of carboxylic acids is 1. The maximum absolute atomic E-state index is 11.2. The number of imidazole rings is 1. The van der Waals surface area contributed by atoms with E-state index in [9.17, 15) is 9.90 Å². The smallest absolute Gasteiger partial charge is 0.308 e. The maximum atomic E-state index is 11.2. The Morgan fingerprint density at radius 2 is 2.29 bits per heavy atom. The van der Waals surface area contributed by atoms with Crippen molar-refractivity contribution >= 4 is 5.97 Å². The average molecular weight is 291 g/mol. The first-order valence-corrected chi connectivity index (χ1v) is 8.08. The van der Waals surface area contributed by atoms with E-state index in [1.165, 1.54) is 25.1 Å². The second-order valence-electron chi connectivity index (χ2n) is 6.68. The number of hydrogen-bond donors (Lipinski definition) is 1. The Kier molecular flexibility index (Phi) is 4.02. The van der Waals surface area contributed by atoms with Crippen LogP contribution in [0.1, 0.15) is 44.6 Å². The third-order valence-electron chi connectivity index (χ3n) is 5.03. The predicted molar refractivity (Wildman–Crippen MR) is 80.2 cm³/mol. The fourth-order valence-corrected chi connectivity index (χ4v) is 3.84. The molecule has 2 aliphatic heterocycles. The van der Waals surface area contributed by atoms with Crippen LogP contribution < -0.4 is 0 Å². The average Bonchev–Trinajstić information content (AvgIpc) is 3.06. The largest absolute Gasteiger partial charge is 0.481 e. The Labute approximate surface area is 126 Å². The molecule has 2 aliphatic rings. The van der Waals surface area contributed by atoms with Gasteiger partial charge in [0, 0.05) is 36.9 Å². The highest BCUT2D eigenvalue weighted by Crippen LogP contribution is 2.26. The summed E-state index contributed by atoms with van der Waals surface area (Å²) >= 11 is 0. The van der Waals surface area contributed by atoms with Crippen LogP contribution in [-0.2, 0) is 24.2 Å². The SMILES string of the molecule is CC(C)N1CCCC1Cc1ncc2n1CC(C(=O)O)CC2. The van der Waals surface area contributed by atoms with Gasteiger partial charge in [0.15, 0.2) is 0 Å². The normalized spacial score (nSPS) is 26.2. The number of carbonyl (C=O) groups is 1. The van der Waals surface area contributed by atoms with E-state index in [-0.39, 0.29) is 5.92 Å². The van der Waals surface area contributed by atoms with Crippen LogP contribution in [-0.4, -0.2) is 44.2 Å². The molecule has 3 rings (SSSR count). The lowest BCUT2D eigenvalue weighted by atomic mass is 9.98. The quantitative estimate of drug-likeness (QED) is 0.921. The molecule has 5 nitrogen and oxygen atoms in total. The molecule has 0 aliphatic carbocycles. The van der Waals surface area contributed by atoms with Crippen molar-refractivity contribution in [2.24, 2.45) is 5.92 Å². The molecule has 2 atom stereocenters. The monoisotopic (exact) mass is 291 g/mol. The minimum absolute atomic E-state index is 0.254. The summed E-state index contributed by atoms with van der Waals surface area (Å²) in [4.78, 5) is 18.4. The Balaban J connectivity index is 1.75. The number of carboxylic acid groups (broad SMARTS) is 1. The third-order valence-corrected chi connectivity index (χ3v) is 5.03. The lowest BCUT2D eigenvalue weighted by Gasteiger charge is -2.29. The number of rotatable bonds is 4. The zero-order valence-electron chi connectivity index (χ0n) is 13.0. The van der Waals surface area contributed by atoms with Gasteiger partial charge in [0.2, 0.25) is 0 Å². The van der Waals surface area contributed by atoms with Gasteiger partial charge < -0.3 is 9.67 Å². The zero-order chi connectivity index (χ0) is 15.0. The number of likely N-dealkylation sites (tertiary alicyclic amines) is 1. The van der Waals surface area contributed by atoms with E-state index in [0.717, 1.165) is 25.1 Å². The minimum Gasteiger partial charge on any atom is -0.481 e. The molecule has 1 saturated heterocycles. The Morgan fingerprint density at radius 1 is 1.48 bits per heavy atom. The van der Waals surface area contributed by atoms with Crippen LogP contribution in [0, 0.1) is 5.92 Å². The predicted octanol–water partition coefficient (Wildman–Crippen LogP) is 1.95. The van der Waals surface area contributed by atoms with E-state index in [1.54, 1.807) is 0 Å². The molecule has 3 heterocycles. The van der Waals surface area contributed by atoms with Gasteiger partial charge in [0.1, 0.15) is 5.82 Å². The molecule has 0 radical (unpaired) electrons. The second-order valence-corrected chi connectivity index (χ2v) is 6.68. The molecule has 0 amide bonds.